The summed E-state index contributed by atoms with van der Waals surface area (Å²) in [5.74, 6) is 2.15. The SMILES string of the molecule is CC1CCNC(C2CC2)CN1CCc1nccn1C. The van der Waals surface area contributed by atoms with Crippen LogP contribution in [0.5, 0.6) is 0 Å². The van der Waals surface area contributed by atoms with E-state index in [0.717, 1.165) is 24.9 Å². The van der Waals surface area contributed by atoms with Crippen molar-refractivity contribution >= 4 is 0 Å². The van der Waals surface area contributed by atoms with Gasteiger partial charge in [-0.05, 0) is 38.6 Å². The van der Waals surface area contributed by atoms with Crippen LogP contribution in [0, 0.1) is 5.92 Å². The summed E-state index contributed by atoms with van der Waals surface area (Å²) in [5.41, 5.74) is 0. The fourth-order valence-corrected chi connectivity index (χ4v) is 3.16. The number of imidazole rings is 1. The van der Waals surface area contributed by atoms with Crippen molar-refractivity contribution in [1.82, 2.24) is 19.8 Å². The zero-order chi connectivity index (χ0) is 13.2. The van der Waals surface area contributed by atoms with Gasteiger partial charge in [-0.1, -0.05) is 0 Å². The van der Waals surface area contributed by atoms with E-state index in [0.29, 0.717) is 6.04 Å². The van der Waals surface area contributed by atoms with Gasteiger partial charge in [-0.2, -0.15) is 0 Å². The molecule has 0 radical (unpaired) electrons. The third-order valence-corrected chi connectivity index (χ3v) is 4.76. The molecule has 2 fully saturated rings. The van der Waals surface area contributed by atoms with Crippen molar-refractivity contribution in [2.45, 2.75) is 44.7 Å². The number of nitrogens with zero attached hydrogens (tertiary/aromatic N) is 3. The molecule has 2 aliphatic rings. The second kappa shape index (κ2) is 5.63. The molecule has 1 aromatic heterocycles. The first-order chi connectivity index (χ1) is 9.24. The minimum absolute atomic E-state index is 0.691. The Labute approximate surface area is 116 Å². The molecular formula is C15H26N4. The first kappa shape index (κ1) is 13.1. The highest BCUT2D eigenvalue weighted by molar-refractivity contribution is 4.95. The van der Waals surface area contributed by atoms with Crippen LogP contribution in [0.4, 0.5) is 0 Å². The molecule has 0 bridgehead atoms. The molecule has 106 valence electrons. The van der Waals surface area contributed by atoms with E-state index in [2.05, 4.69) is 33.7 Å². The highest BCUT2D eigenvalue weighted by Gasteiger charge is 2.34. The summed E-state index contributed by atoms with van der Waals surface area (Å²) in [6, 6.07) is 1.42. The lowest BCUT2D eigenvalue weighted by atomic mass is 10.1. The van der Waals surface area contributed by atoms with Crippen LogP contribution in [-0.2, 0) is 13.5 Å². The Morgan fingerprint density at radius 1 is 1.37 bits per heavy atom. The second-order valence-corrected chi connectivity index (χ2v) is 6.24. The Kier molecular flexibility index (Phi) is 3.89. The molecule has 0 amide bonds. The van der Waals surface area contributed by atoms with E-state index < -0.39 is 0 Å². The van der Waals surface area contributed by atoms with E-state index in [1.807, 2.05) is 12.4 Å². The smallest absolute Gasteiger partial charge is 0.109 e. The van der Waals surface area contributed by atoms with Gasteiger partial charge in [0.1, 0.15) is 5.82 Å². The lowest BCUT2D eigenvalue weighted by Crippen LogP contribution is -2.42. The summed E-state index contributed by atoms with van der Waals surface area (Å²) in [6.07, 6.45) is 9.12. The van der Waals surface area contributed by atoms with Crippen LogP contribution in [-0.4, -0.2) is 46.2 Å². The maximum Gasteiger partial charge on any atom is 0.109 e. The van der Waals surface area contributed by atoms with Gasteiger partial charge in [0.2, 0.25) is 0 Å². The van der Waals surface area contributed by atoms with Crippen LogP contribution in [0.25, 0.3) is 0 Å². The van der Waals surface area contributed by atoms with E-state index >= 15 is 0 Å². The Morgan fingerprint density at radius 2 is 2.21 bits per heavy atom. The van der Waals surface area contributed by atoms with Gasteiger partial charge in [0.25, 0.3) is 0 Å². The van der Waals surface area contributed by atoms with E-state index in [-0.39, 0.29) is 0 Å². The highest BCUT2D eigenvalue weighted by Crippen LogP contribution is 2.34. The Morgan fingerprint density at radius 3 is 2.89 bits per heavy atom. The van der Waals surface area contributed by atoms with E-state index in [9.17, 15) is 0 Å². The molecule has 19 heavy (non-hydrogen) atoms. The molecule has 2 heterocycles. The van der Waals surface area contributed by atoms with Gasteiger partial charge in [-0.3, -0.25) is 4.90 Å². The van der Waals surface area contributed by atoms with Crippen molar-refractivity contribution in [1.29, 1.82) is 0 Å². The lowest BCUT2D eigenvalue weighted by Gasteiger charge is -2.29. The van der Waals surface area contributed by atoms with Crippen LogP contribution >= 0.6 is 0 Å². The van der Waals surface area contributed by atoms with Crippen molar-refractivity contribution in [3.05, 3.63) is 18.2 Å². The van der Waals surface area contributed by atoms with Crippen LogP contribution in [0.3, 0.4) is 0 Å². The third-order valence-electron chi connectivity index (χ3n) is 4.76. The summed E-state index contributed by atoms with van der Waals surface area (Å²) in [7, 11) is 2.09. The number of hydrogen-bond acceptors (Lipinski definition) is 3. The maximum atomic E-state index is 4.44. The molecule has 3 rings (SSSR count). The number of aromatic nitrogens is 2. The Bertz CT molecular complexity index is 410. The summed E-state index contributed by atoms with van der Waals surface area (Å²) < 4.78 is 2.14. The van der Waals surface area contributed by atoms with Gasteiger partial charge in [-0.15, -0.1) is 0 Å². The quantitative estimate of drug-likeness (QED) is 0.891. The number of aryl methyl sites for hydroxylation is 1. The van der Waals surface area contributed by atoms with Crippen LogP contribution in [0.1, 0.15) is 32.0 Å². The standard InChI is InChI=1S/C15H26N4/c1-12-5-7-16-14(13-3-4-13)11-19(12)9-6-15-17-8-10-18(15)2/h8,10,12-14,16H,3-7,9,11H2,1-2H3. The topological polar surface area (TPSA) is 33.1 Å². The van der Waals surface area contributed by atoms with Crippen LogP contribution in [0.15, 0.2) is 12.4 Å². The largest absolute Gasteiger partial charge is 0.338 e. The van der Waals surface area contributed by atoms with Crippen molar-refractivity contribution < 1.29 is 0 Å². The molecule has 1 saturated heterocycles. The molecule has 2 atom stereocenters. The van der Waals surface area contributed by atoms with Gasteiger partial charge < -0.3 is 9.88 Å². The van der Waals surface area contributed by atoms with Crippen molar-refractivity contribution in [3.63, 3.8) is 0 Å². The molecule has 4 nitrogen and oxygen atoms in total. The molecule has 4 heteroatoms. The van der Waals surface area contributed by atoms with E-state index in [1.54, 1.807) is 0 Å². The predicted molar refractivity (Wildman–Crippen MR) is 77.1 cm³/mol. The number of rotatable bonds is 4. The average molecular weight is 262 g/mol. The van der Waals surface area contributed by atoms with Crippen molar-refractivity contribution in [3.8, 4) is 0 Å². The zero-order valence-electron chi connectivity index (χ0n) is 12.2. The third kappa shape index (κ3) is 3.18. The van der Waals surface area contributed by atoms with Gasteiger partial charge in [0.05, 0.1) is 0 Å². The zero-order valence-corrected chi connectivity index (χ0v) is 12.2. The predicted octanol–water partition coefficient (Wildman–Crippen LogP) is 1.42. The molecule has 1 aromatic rings. The Balaban J connectivity index is 1.58. The fraction of sp³-hybridized carbons (Fsp3) is 0.800. The minimum atomic E-state index is 0.691. The first-order valence-electron chi connectivity index (χ1n) is 7.67. The summed E-state index contributed by atoms with van der Waals surface area (Å²) >= 11 is 0. The summed E-state index contributed by atoms with van der Waals surface area (Å²) in [5, 5.41) is 3.75. The lowest BCUT2D eigenvalue weighted by molar-refractivity contribution is 0.200. The molecule has 1 N–H and O–H groups in total. The van der Waals surface area contributed by atoms with Crippen LogP contribution in [0.2, 0.25) is 0 Å². The number of hydrogen-bond donors (Lipinski definition) is 1. The van der Waals surface area contributed by atoms with E-state index in [4.69, 9.17) is 0 Å². The second-order valence-electron chi connectivity index (χ2n) is 6.24. The monoisotopic (exact) mass is 262 g/mol. The summed E-state index contributed by atoms with van der Waals surface area (Å²) in [4.78, 5) is 7.10. The van der Waals surface area contributed by atoms with Gasteiger partial charge >= 0.3 is 0 Å². The molecular weight excluding hydrogens is 236 g/mol. The summed E-state index contributed by atoms with van der Waals surface area (Å²) in [6.45, 7) is 5.91. The molecule has 0 spiro atoms. The minimum Gasteiger partial charge on any atom is -0.338 e. The van der Waals surface area contributed by atoms with Crippen molar-refractivity contribution in [2.24, 2.45) is 13.0 Å². The molecule has 2 unspecified atom stereocenters. The Hall–Kier alpha value is -0.870. The average Bonchev–Trinajstić information content (AvgIpc) is 3.17. The highest BCUT2D eigenvalue weighted by atomic mass is 15.2. The molecule has 1 saturated carbocycles. The van der Waals surface area contributed by atoms with Crippen molar-refractivity contribution in [2.75, 3.05) is 19.6 Å². The van der Waals surface area contributed by atoms with Gasteiger partial charge in [-0.25, -0.2) is 4.98 Å². The van der Waals surface area contributed by atoms with Crippen LogP contribution < -0.4 is 5.32 Å². The first-order valence-corrected chi connectivity index (χ1v) is 7.67. The van der Waals surface area contributed by atoms with Gasteiger partial charge in [0.15, 0.2) is 0 Å². The van der Waals surface area contributed by atoms with E-state index in [1.165, 1.54) is 38.2 Å². The fourth-order valence-electron chi connectivity index (χ4n) is 3.16. The molecule has 0 aromatic carbocycles. The molecule has 1 aliphatic heterocycles. The normalized spacial score (nSPS) is 29.4. The molecule has 1 aliphatic carbocycles. The van der Waals surface area contributed by atoms with Gasteiger partial charge in [0, 0.05) is 51.0 Å². The maximum absolute atomic E-state index is 4.44. The number of nitrogens with one attached hydrogen (secondary N) is 1.